The van der Waals surface area contributed by atoms with Crippen LogP contribution in [-0.2, 0) is 16.9 Å². The van der Waals surface area contributed by atoms with Crippen LogP contribution in [0, 0.1) is 11.6 Å². The van der Waals surface area contributed by atoms with Crippen molar-refractivity contribution in [3.8, 4) is 11.5 Å². The van der Waals surface area contributed by atoms with Gasteiger partial charge >= 0.3 is 6.03 Å². The summed E-state index contributed by atoms with van der Waals surface area (Å²) in [6.45, 7) is 1.24. The Morgan fingerprint density at radius 1 is 1.22 bits per heavy atom. The van der Waals surface area contributed by atoms with Crippen LogP contribution in [0.2, 0.25) is 5.02 Å². The third-order valence-corrected chi connectivity index (χ3v) is 4.85. The van der Waals surface area contributed by atoms with Crippen LogP contribution in [0.3, 0.4) is 0 Å². The lowest BCUT2D eigenvalue weighted by atomic mass is 9.91. The molecule has 27 heavy (non-hydrogen) atoms. The summed E-state index contributed by atoms with van der Waals surface area (Å²) in [5.74, 6) is -1.41. The van der Waals surface area contributed by atoms with Gasteiger partial charge in [0.25, 0.3) is 5.91 Å². The first kappa shape index (κ1) is 17.5. The maximum Gasteiger partial charge on any atom is 0.325 e. The number of benzene rings is 2. The lowest BCUT2D eigenvalue weighted by molar-refractivity contribution is -0.131. The van der Waals surface area contributed by atoms with Crippen LogP contribution in [0.5, 0.6) is 11.5 Å². The van der Waals surface area contributed by atoms with Gasteiger partial charge in [0.1, 0.15) is 17.2 Å². The summed E-state index contributed by atoms with van der Waals surface area (Å²) < 4.78 is 38.2. The number of halogens is 3. The Hall–Kier alpha value is -2.87. The van der Waals surface area contributed by atoms with Gasteiger partial charge in [-0.05, 0) is 42.8 Å². The van der Waals surface area contributed by atoms with Crippen LogP contribution in [0.15, 0.2) is 30.3 Å². The van der Waals surface area contributed by atoms with Gasteiger partial charge in [-0.15, -0.1) is 0 Å². The van der Waals surface area contributed by atoms with Crippen molar-refractivity contribution in [3.05, 3.63) is 58.1 Å². The molecule has 2 aliphatic rings. The molecule has 1 fully saturated rings. The molecule has 6 nitrogen and oxygen atoms in total. The van der Waals surface area contributed by atoms with E-state index in [4.69, 9.17) is 21.1 Å². The molecular weight excluding hydrogens is 382 g/mol. The lowest BCUT2D eigenvalue weighted by Crippen LogP contribution is -2.41. The standard InChI is InChI=1S/C18H13ClF2N2O4/c1-18(11-6-10(20)2-3-13(11)21)16(24)23(17(25)22-18)7-9-4-12(19)15-14(5-9)26-8-27-15/h2-6H,7-8H2,1H3,(H,22,25)/t18-/m0/s1. The second kappa shape index (κ2) is 6.09. The van der Waals surface area contributed by atoms with Crippen molar-refractivity contribution in [2.24, 2.45) is 0 Å². The molecule has 1 atom stereocenters. The Kier molecular flexibility index (Phi) is 3.96. The summed E-state index contributed by atoms with van der Waals surface area (Å²) in [6, 6.07) is 5.18. The minimum Gasteiger partial charge on any atom is -0.454 e. The molecule has 2 heterocycles. The predicted octanol–water partition coefficient (Wildman–Crippen LogP) is 3.31. The Labute approximate surface area is 157 Å². The van der Waals surface area contributed by atoms with Gasteiger partial charge in [0.2, 0.25) is 6.79 Å². The molecule has 2 aliphatic heterocycles. The third kappa shape index (κ3) is 2.76. The molecule has 2 aromatic rings. The predicted molar refractivity (Wildman–Crippen MR) is 90.4 cm³/mol. The second-order valence-corrected chi connectivity index (χ2v) is 6.79. The molecule has 0 bridgehead atoms. The molecule has 0 radical (unpaired) electrons. The second-order valence-electron chi connectivity index (χ2n) is 6.38. The van der Waals surface area contributed by atoms with Gasteiger partial charge in [0.15, 0.2) is 11.5 Å². The van der Waals surface area contributed by atoms with E-state index in [1.54, 1.807) is 12.1 Å². The molecule has 3 amide bonds. The van der Waals surface area contributed by atoms with Crippen LogP contribution in [0.1, 0.15) is 18.1 Å². The van der Waals surface area contributed by atoms with Gasteiger partial charge in [-0.25, -0.2) is 13.6 Å². The molecule has 0 unspecified atom stereocenters. The van der Waals surface area contributed by atoms with Crippen LogP contribution in [-0.4, -0.2) is 23.6 Å². The monoisotopic (exact) mass is 394 g/mol. The number of nitrogens with zero attached hydrogens (tertiary/aromatic N) is 1. The third-order valence-electron chi connectivity index (χ3n) is 4.57. The van der Waals surface area contributed by atoms with Crippen molar-refractivity contribution in [1.29, 1.82) is 0 Å². The molecule has 0 aliphatic carbocycles. The zero-order valence-electron chi connectivity index (χ0n) is 14.0. The van der Waals surface area contributed by atoms with Gasteiger partial charge in [-0.2, -0.15) is 0 Å². The summed E-state index contributed by atoms with van der Waals surface area (Å²) >= 11 is 6.12. The van der Waals surface area contributed by atoms with Gasteiger partial charge in [-0.1, -0.05) is 11.6 Å². The summed E-state index contributed by atoms with van der Waals surface area (Å²) in [7, 11) is 0. The number of carbonyl (C=O) groups is 2. The molecule has 140 valence electrons. The van der Waals surface area contributed by atoms with Crippen molar-refractivity contribution in [3.63, 3.8) is 0 Å². The SMILES string of the molecule is C[C@@]1(c2cc(F)ccc2F)NC(=O)N(Cc2cc(Cl)c3c(c2)OCO3)C1=O. The number of imide groups is 1. The fourth-order valence-electron chi connectivity index (χ4n) is 3.20. The summed E-state index contributed by atoms with van der Waals surface area (Å²) in [5, 5.41) is 2.73. The average Bonchev–Trinajstić information content (AvgIpc) is 3.17. The van der Waals surface area contributed by atoms with Crippen molar-refractivity contribution >= 4 is 23.5 Å². The minimum atomic E-state index is -1.72. The lowest BCUT2D eigenvalue weighted by Gasteiger charge is -2.23. The molecular formula is C18H13ClF2N2O4. The smallest absolute Gasteiger partial charge is 0.325 e. The number of fused-ring (bicyclic) bond motifs is 1. The fraction of sp³-hybridized carbons (Fsp3) is 0.222. The first-order valence-corrected chi connectivity index (χ1v) is 8.35. The van der Waals surface area contributed by atoms with Crippen molar-refractivity contribution in [1.82, 2.24) is 10.2 Å². The van der Waals surface area contributed by atoms with E-state index in [1.165, 1.54) is 6.92 Å². The van der Waals surface area contributed by atoms with Gasteiger partial charge in [0, 0.05) is 5.56 Å². The van der Waals surface area contributed by atoms with Gasteiger partial charge in [0.05, 0.1) is 11.6 Å². The number of urea groups is 1. The first-order valence-electron chi connectivity index (χ1n) is 7.97. The van der Waals surface area contributed by atoms with E-state index in [-0.39, 0.29) is 23.9 Å². The maximum absolute atomic E-state index is 14.2. The number of hydrogen-bond donors (Lipinski definition) is 1. The molecule has 1 saturated heterocycles. The highest BCUT2D eigenvalue weighted by Gasteiger charge is 2.50. The van der Waals surface area contributed by atoms with E-state index >= 15 is 0 Å². The average molecular weight is 395 g/mol. The number of ether oxygens (including phenoxy) is 2. The topological polar surface area (TPSA) is 67.9 Å². The number of rotatable bonds is 3. The number of hydrogen-bond acceptors (Lipinski definition) is 4. The molecule has 0 saturated carbocycles. The fourth-order valence-corrected chi connectivity index (χ4v) is 3.49. The van der Waals surface area contributed by atoms with E-state index in [9.17, 15) is 18.4 Å². The summed E-state index contributed by atoms with van der Waals surface area (Å²) in [4.78, 5) is 26.2. The highest BCUT2D eigenvalue weighted by atomic mass is 35.5. The molecule has 2 aromatic carbocycles. The summed E-state index contributed by atoms with van der Waals surface area (Å²) in [6.07, 6.45) is 0. The molecule has 4 rings (SSSR count). The van der Waals surface area contributed by atoms with E-state index in [1.807, 2.05) is 0 Å². The normalized spacial score (nSPS) is 21.0. The quantitative estimate of drug-likeness (QED) is 0.811. The zero-order valence-corrected chi connectivity index (χ0v) is 14.8. The highest BCUT2D eigenvalue weighted by molar-refractivity contribution is 6.32. The number of amides is 3. The minimum absolute atomic E-state index is 0.0263. The van der Waals surface area contributed by atoms with Crippen LogP contribution >= 0.6 is 11.6 Å². The van der Waals surface area contributed by atoms with Crippen molar-refractivity contribution in [2.75, 3.05) is 6.79 Å². The number of nitrogens with one attached hydrogen (secondary N) is 1. The van der Waals surface area contributed by atoms with Crippen molar-refractivity contribution in [2.45, 2.75) is 19.0 Å². The highest BCUT2D eigenvalue weighted by Crippen LogP contribution is 2.40. The Balaban J connectivity index is 1.66. The Morgan fingerprint density at radius 2 is 2.00 bits per heavy atom. The molecule has 0 aromatic heterocycles. The number of carbonyl (C=O) groups excluding carboxylic acids is 2. The van der Waals surface area contributed by atoms with Crippen molar-refractivity contribution < 1.29 is 27.8 Å². The molecule has 0 spiro atoms. The molecule has 1 N–H and O–H groups in total. The van der Waals surface area contributed by atoms with Crippen LogP contribution in [0.25, 0.3) is 0 Å². The van der Waals surface area contributed by atoms with Gasteiger partial charge in [-0.3, -0.25) is 9.69 Å². The zero-order chi connectivity index (χ0) is 19.3. The Bertz CT molecular complexity index is 984. The van der Waals surface area contributed by atoms with Crippen LogP contribution < -0.4 is 14.8 Å². The maximum atomic E-state index is 14.2. The van der Waals surface area contributed by atoms with E-state index in [2.05, 4.69) is 5.32 Å². The Morgan fingerprint density at radius 3 is 2.78 bits per heavy atom. The molecule has 9 heteroatoms. The first-order chi connectivity index (χ1) is 12.8. The summed E-state index contributed by atoms with van der Waals surface area (Å²) in [5.41, 5.74) is -1.44. The largest absolute Gasteiger partial charge is 0.454 e. The van der Waals surface area contributed by atoms with E-state index in [0.29, 0.717) is 17.1 Å². The van der Waals surface area contributed by atoms with Crippen LogP contribution in [0.4, 0.5) is 13.6 Å². The van der Waals surface area contributed by atoms with E-state index in [0.717, 1.165) is 23.1 Å². The van der Waals surface area contributed by atoms with Gasteiger partial charge < -0.3 is 14.8 Å². The van der Waals surface area contributed by atoms with E-state index < -0.39 is 29.1 Å².